The van der Waals surface area contributed by atoms with Crippen LogP contribution in [-0.2, 0) is 4.79 Å². The number of ether oxygens (including phenoxy) is 1. The lowest BCUT2D eigenvalue weighted by Crippen LogP contribution is -2.27. The topological polar surface area (TPSA) is 58.6 Å². The van der Waals surface area contributed by atoms with Gasteiger partial charge in [-0.25, -0.2) is 0 Å². The molecule has 98 valence electrons. The Hall–Kier alpha value is -1.55. The lowest BCUT2D eigenvalue weighted by atomic mass is 10.0. The summed E-state index contributed by atoms with van der Waals surface area (Å²) in [5.41, 5.74) is 2.26. The maximum absolute atomic E-state index is 12.0. The van der Waals surface area contributed by atoms with Crippen LogP contribution in [0.15, 0.2) is 12.1 Å². The third-order valence-corrected chi connectivity index (χ3v) is 3.84. The first-order valence-corrected chi connectivity index (χ1v) is 6.10. The van der Waals surface area contributed by atoms with E-state index in [0.29, 0.717) is 0 Å². The third kappa shape index (κ3) is 2.08. The van der Waals surface area contributed by atoms with E-state index in [4.69, 9.17) is 4.74 Å². The molecule has 1 aliphatic rings. The predicted octanol–water partition coefficient (Wildman–Crippen LogP) is 2.02. The van der Waals surface area contributed by atoms with Gasteiger partial charge >= 0.3 is 0 Å². The number of hydrogen-bond donors (Lipinski definition) is 2. The average Bonchev–Trinajstić information content (AvgIpc) is 3.16. The minimum atomic E-state index is -0.541. The van der Waals surface area contributed by atoms with E-state index in [-0.39, 0.29) is 12.5 Å². The molecule has 2 rings (SSSR count). The van der Waals surface area contributed by atoms with Gasteiger partial charge in [-0.1, -0.05) is 0 Å². The molecule has 1 aromatic rings. The normalized spacial score (nSPS) is 16.2. The Labute approximate surface area is 107 Å². The van der Waals surface area contributed by atoms with E-state index in [9.17, 15) is 9.90 Å². The number of rotatable bonds is 4. The molecule has 1 aliphatic carbocycles. The lowest BCUT2D eigenvalue weighted by molar-refractivity contribution is -0.122. The first-order valence-electron chi connectivity index (χ1n) is 6.10. The second kappa shape index (κ2) is 4.61. The fraction of sp³-hybridized carbons (Fsp3) is 0.500. The van der Waals surface area contributed by atoms with Crippen LogP contribution in [0.5, 0.6) is 5.75 Å². The second-order valence-electron chi connectivity index (χ2n) is 4.96. The van der Waals surface area contributed by atoms with Crippen molar-refractivity contribution in [3.05, 3.63) is 23.3 Å². The van der Waals surface area contributed by atoms with Crippen molar-refractivity contribution in [3.8, 4) is 5.75 Å². The maximum atomic E-state index is 12.0. The van der Waals surface area contributed by atoms with Crippen LogP contribution in [0.4, 0.5) is 5.69 Å². The fourth-order valence-corrected chi connectivity index (χ4v) is 2.02. The summed E-state index contributed by atoms with van der Waals surface area (Å²) in [4.78, 5) is 12.0. The number of methoxy groups -OCH3 is 1. The lowest BCUT2D eigenvalue weighted by Gasteiger charge is -2.16. The molecule has 0 radical (unpaired) electrons. The molecule has 0 bridgehead atoms. The first-order chi connectivity index (χ1) is 8.54. The highest BCUT2D eigenvalue weighted by molar-refractivity contribution is 5.98. The summed E-state index contributed by atoms with van der Waals surface area (Å²) in [7, 11) is 1.63. The van der Waals surface area contributed by atoms with E-state index in [2.05, 4.69) is 5.32 Å². The third-order valence-electron chi connectivity index (χ3n) is 3.84. The molecule has 0 aromatic heterocycles. The van der Waals surface area contributed by atoms with Gasteiger partial charge < -0.3 is 15.2 Å². The Morgan fingerprint density at radius 1 is 1.39 bits per heavy atom. The zero-order valence-corrected chi connectivity index (χ0v) is 11.0. The molecule has 2 N–H and O–H groups in total. The van der Waals surface area contributed by atoms with Gasteiger partial charge in [0.05, 0.1) is 19.1 Å². The number of aliphatic hydroxyl groups excluding tert-OH is 1. The van der Waals surface area contributed by atoms with E-state index in [0.717, 1.165) is 35.4 Å². The van der Waals surface area contributed by atoms with Gasteiger partial charge in [0.25, 0.3) is 0 Å². The minimum absolute atomic E-state index is 0.0764. The van der Waals surface area contributed by atoms with Crippen molar-refractivity contribution in [2.75, 3.05) is 19.0 Å². The van der Waals surface area contributed by atoms with Crippen molar-refractivity contribution in [3.63, 3.8) is 0 Å². The highest BCUT2D eigenvalue weighted by atomic mass is 16.5. The molecule has 4 nitrogen and oxygen atoms in total. The van der Waals surface area contributed by atoms with Gasteiger partial charge in [-0.3, -0.25) is 4.79 Å². The number of carbonyl (C=O) groups is 1. The van der Waals surface area contributed by atoms with E-state index in [1.165, 1.54) is 0 Å². The highest BCUT2D eigenvalue weighted by Gasteiger charge is 2.49. The molecule has 4 heteroatoms. The molecule has 1 fully saturated rings. The molecule has 1 aromatic carbocycles. The SMILES string of the molecule is COc1ccc(NC(=O)C2(CO)CC2)c(C)c1C. The van der Waals surface area contributed by atoms with Crippen molar-refractivity contribution in [2.24, 2.45) is 5.41 Å². The minimum Gasteiger partial charge on any atom is -0.496 e. The molecular formula is C14H19NO3. The van der Waals surface area contributed by atoms with Crippen LogP contribution in [0, 0.1) is 19.3 Å². The van der Waals surface area contributed by atoms with Crippen LogP contribution < -0.4 is 10.1 Å². The predicted molar refractivity (Wildman–Crippen MR) is 69.9 cm³/mol. The Morgan fingerprint density at radius 3 is 2.56 bits per heavy atom. The van der Waals surface area contributed by atoms with Gasteiger partial charge in [0.15, 0.2) is 0 Å². The van der Waals surface area contributed by atoms with Crippen molar-refractivity contribution >= 4 is 11.6 Å². The van der Waals surface area contributed by atoms with Crippen molar-refractivity contribution in [1.82, 2.24) is 0 Å². The van der Waals surface area contributed by atoms with Crippen LogP contribution in [0.1, 0.15) is 24.0 Å². The number of carbonyl (C=O) groups excluding carboxylic acids is 1. The Morgan fingerprint density at radius 2 is 2.06 bits per heavy atom. The number of anilines is 1. The smallest absolute Gasteiger partial charge is 0.232 e. The monoisotopic (exact) mass is 249 g/mol. The highest BCUT2D eigenvalue weighted by Crippen LogP contribution is 2.46. The van der Waals surface area contributed by atoms with E-state index < -0.39 is 5.41 Å². The largest absolute Gasteiger partial charge is 0.496 e. The van der Waals surface area contributed by atoms with Crippen LogP contribution in [-0.4, -0.2) is 24.7 Å². The van der Waals surface area contributed by atoms with E-state index in [1.54, 1.807) is 7.11 Å². The van der Waals surface area contributed by atoms with Crippen molar-refractivity contribution in [1.29, 1.82) is 0 Å². The Kier molecular flexibility index (Phi) is 3.30. The summed E-state index contributed by atoms with van der Waals surface area (Å²) < 4.78 is 5.23. The summed E-state index contributed by atoms with van der Waals surface area (Å²) in [6.07, 6.45) is 1.53. The van der Waals surface area contributed by atoms with Crippen molar-refractivity contribution in [2.45, 2.75) is 26.7 Å². The van der Waals surface area contributed by atoms with Gasteiger partial charge in [0.1, 0.15) is 5.75 Å². The number of hydrogen-bond acceptors (Lipinski definition) is 3. The molecule has 0 aliphatic heterocycles. The van der Waals surface area contributed by atoms with Gasteiger partial charge in [-0.2, -0.15) is 0 Å². The zero-order chi connectivity index (χ0) is 13.3. The van der Waals surface area contributed by atoms with Crippen LogP contribution in [0.25, 0.3) is 0 Å². The molecule has 18 heavy (non-hydrogen) atoms. The van der Waals surface area contributed by atoms with E-state index >= 15 is 0 Å². The molecular weight excluding hydrogens is 230 g/mol. The summed E-state index contributed by atoms with van der Waals surface area (Å²) >= 11 is 0. The molecule has 0 atom stereocenters. The second-order valence-corrected chi connectivity index (χ2v) is 4.96. The van der Waals surface area contributed by atoms with Gasteiger partial charge in [-0.15, -0.1) is 0 Å². The summed E-state index contributed by atoms with van der Waals surface area (Å²) in [6.45, 7) is 3.84. The standard InChI is InChI=1S/C14H19NO3/c1-9-10(2)12(18-3)5-4-11(9)15-13(17)14(8-16)6-7-14/h4-5,16H,6-8H2,1-3H3,(H,15,17). The van der Waals surface area contributed by atoms with Gasteiger partial charge in [-0.05, 0) is 49.9 Å². The Bertz CT molecular complexity index is 478. The maximum Gasteiger partial charge on any atom is 0.232 e. The van der Waals surface area contributed by atoms with Crippen LogP contribution >= 0.6 is 0 Å². The molecule has 1 saturated carbocycles. The first kappa shape index (κ1) is 12.9. The van der Waals surface area contributed by atoms with E-state index in [1.807, 2.05) is 26.0 Å². The van der Waals surface area contributed by atoms with Crippen LogP contribution in [0.3, 0.4) is 0 Å². The molecule has 0 unspecified atom stereocenters. The fourth-order valence-electron chi connectivity index (χ4n) is 2.02. The van der Waals surface area contributed by atoms with Gasteiger partial charge in [0, 0.05) is 5.69 Å². The zero-order valence-electron chi connectivity index (χ0n) is 11.0. The summed E-state index contributed by atoms with van der Waals surface area (Å²) in [5, 5.41) is 12.1. The van der Waals surface area contributed by atoms with Crippen LogP contribution in [0.2, 0.25) is 0 Å². The average molecular weight is 249 g/mol. The number of nitrogens with one attached hydrogen (secondary N) is 1. The number of aliphatic hydroxyl groups is 1. The molecule has 1 amide bonds. The van der Waals surface area contributed by atoms with Crippen molar-refractivity contribution < 1.29 is 14.6 Å². The quantitative estimate of drug-likeness (QED) is 0.858. The van der Waals surface area contributed by atoms with Gasteiger partial charge in [0.2, 0.25) is 5.91 Å². The molecule has 0 heterocycles. The summed E-state index contributed by atoms with van der Waals surface area (Å²) in [5.74, 6) is 0.728. The molecule has 0 spiro atoms. The number of benzene rings is 1. The summed E-state index contributed by atoms with van der Waals surface area (Å²) in [6, 6.07) is 3.68. The number of amides is 1. The Balaban J connectivity index is 2.20. The molecule has 0 saturated heterocycles.